The second-order valence-corrected chi connectivity index (χ2v) is 6.29. The van der Waals surface area contributed by atoms with Crippen molar-refractivity contribution >= 4 is 42.5 Å². The van der Waals surface area contributed by atoms with E-state index < -0.39 is 0 Å². The Labute approximate surface area is 158 Å². The molecule has 2 aromatic rings. The molecule has 1 fully saturated rings. The molecular formula is C15H21Cl2N5OS. The summed E-state index contributed by atoms with van der Waals surface area (Å²) in [6, 6.07) is 8.07. The average molecular weight is 390 g/mol. The highest BCUT2D eigenvalue weighted by molar-refractivity contribution is 7.98. The largest absolute Gasteiger partial charge is 0.333 e. The number of amides is 1. The fourth-order valence-electron chi connectivity index (χ4n) is 2.47. The van der Waals surface area contributed by atoms with Crippen LogP contribution in [0.15, 0.2) is 35.7 Å². The van der Waals surface area contributed by atoms with E-state index in [1.807, 2.05) is 29.2 Å². The summed E-state index contributed by atoms with van der Waals surface area (Å²) in [6.07, 6.45) is 1.50. The summed E-state index contributed by atoms with van der Waals surface area (Å²) < 4.78 is 0. The van der Waals surface area contributed by atoms with Gasteiger partial charge in [-0.05, 0) is 24.6 Å². The Bertz CT molecular complexity index is 623. The lowest BCUT2D eigenvalue weighted by Crippen LogP contribution is -2.52. The molecule has 1 atom stereocenters. The van der Waals surface area contributed by atoms with E-state index in [9.17, 15) is 4.79 Å². The van der Waals surface area contributed by atoms with Crippen LogP contribution < -0.4 is 5.32 Å². The minimum absolute atomic E-state index is 0. The normalized spacial score (nSPS) is 16.9. The average Bonchev–Trinajstić information content (AvgIpc) is 3.07. The third-order valence-corrected chi connectivity index (χ3v) is 4.68. The van der Waals surface area contributed by atoms with Crippen LogP contribution in [-0.4, -0.2) is 51.7 Å². The Morgan fingerprint density at radius 1 is 1.33 bits per heavy atom. The van der Waals surface area contributed by atoms with Gasteiger partial charge in [0.2, 0.25) is 0 Å². The summed E-state index contributed by atoms with van der Waals surface area (Å²) in [5, 5.41) is 10.7. The molecule has 24 heavy (non-hydrogen) atoms. The zero-order valence-corrected chi connectivity index (χ0v) is 15.7. The van der Waals surface area contributed by atoms with Gasteiger partial charge in [-0.2, -0.15) is 5.10 Å². The number of carbonyl (C=O) groups excluding carboxylic acids is 1. The van der Waals surface area contributed by atoms with Crippen LogP contribution in [0.25, 0.3) is 0 Å². The van der Waals surface area contributed by atoms with Gasteiger partial charge in [0.25, 0.3) is 5.91 Å². The van der Waals surface area contributed by atoms with Gasteiger partial charge in [-0.1, -0.05) is 23.9 Å². The van der Waals surface area contributed by atoms with Gasteiger partial charge in [-0.3, -0.25) is 9.89 Å². The van der Waals surface area contributed by atoms with E-state index in [1.54, 1.807) is 11.8 Å². The van der Waals surface area contributed by atoms with E-state index in [-0.39, 0.29) is 36.8 Å². The molecule has 3 rings (SSSR count). The summed E-state index contributed by atoms with van der Waals surface area (Å²) in [5.74, 6) is 0.914. The first-order valence-corrected chi connectivity index (χ1v) is 8.31. The van der Waals surface area contributed by atoms with Crippen LogP contribution in [0.2, 0.25) is 0 Å². The van der Waals surface area contributed by atoms with Crippen molar-refractivity contribution < 1.29 is 4.79 Å². The number of nitrogens with one attached hydrogen (secondary N) is 2. The minimum Gasteiger partial charge on any atom is -0.333 e. The SMILES string of the molecule is C[C@@H]1CNCCN1C(=O)c1ccc(CSc2ncn[nH]2)cc1.Cl.Cl. The van der Waals surface area contributed by atoms with Gasteiger partial charge >= 0.3 is 0 Å². The monoisotopic (exact) mass is 389 g/mol. The van der Waals surface area contributed by atoms with Gasteiger partial charge in [0.1, 0.15) is 6.33 Å². The lowest BCUT2D eigenvalue weighted by molar-refractivity contribution is 0.0656. The van der Waals surface area contributed by atoms with E-state index in [0.29, 0.717) is 0 Å². The second-order valence-electron chi connectivity index (χ2n) is 5.33. The van der Waals surface area contributed by atoms with Crippen molar-refractivity contribution in [2.24, 2.45) is 0 Å². The molecule has 0 spiro atoms. The van der Waals surface area contributed by atoms with Gasteiger partial charge in [-0.25, -0.2) is 4.98 Å². The highest BCUT2D eigenvalue weighted by Crippen LogP contribution is 2.19. The zero-order valence-electron chi connectivity index (χ0n) is 13.3. The van der Waals surface area contributed by atoms with Crippen molar-refractivity contribution in [3.05, 3.63) is 41.7 Å². The van der Waals surface area contributed by atoms with E-state index in [4.69, 9.17) is 0 Å². The number of piperazine rings is 1. The maximum Gasteiger partial charge on any atom is 0.254 e. The van der Waals surface area contributed by atoms with Crippen molar-refractivity contribution in [2.45, 2.75) is 23.9 Å². The molecule has 2 heterocycles. The Morgan fingerprint density at radius 2 is 2.08 bits per heavy atom. The smallest absolute Gasteiger partial charge is 0.254 e. The Hall–Kier alpha value is -1.28. The fourth-order valence-corrected chi connectivity index (χ4v) is 3.20. The van der Waals surface area contributed by atoms with Crippen molar-refractivity contribution in [1.82, 2.24) is 25.4 Å². The first kappa shape index (κ1) is 20.8. The third kappa shape index (κ3) is 5.11. The third-order valence-electron chi connectivity index (χ3n) is 3.73. The molecule has 132 valence electrons. The van der Waals surface area contributed by atoms with Crippen molar-refractivity contribution in [3.8, 4) is 0 Å². The van der Waals surface area contributed by atoms with Crippen LogP contribution in [0.3, 0.4) is 0 Å². The maximum atomic E-state index is 12.5. The minimum atomic E-state index is 0. The maximum absolute atomic E-state index is 12.5. The molecule has 1 aromatic carbocycles. The summed E-state index contributed by atoms with van der Waals surface area (Å²) in [4.78, 5) is 18.6. The lowest BCUT2D eigenvalue weighted by Gasteiger charge is -2.34. The van der Waals surface area contributed by atoms with Crippen molar-refractivity contribution in [3.63, 3.8) is 0 Å². The van der Waals surface area contributed by atoms with Gasteiger partial charge in [0.05, 0.1) is 0 Å². The van der Waals surface area contributed by atoms with Crippen LogP contribution in [-0.2, 0) is 5.75 Å². The Morgan fingerprint density at radius 3 is 2.71 bits per heavy atom. The van der Waals surface area contributed by atoms with Gasteiger partial charge in [0.15, 0.2) is 5.16 Å². The second kappa shape index (κ2) is 9.88. The fraction of sp³-hybridized carbons (Fsp3) is 0.400. The number of hydrogen-bond donors (Lipinski definition) is 2. The number of H-pyrrole nitrogens is 1. The van der Waals surface area contributed by atoms with Gasteiger partial charge in [-0.15, -0.1) is 24.8 Å². The first-order chi connectivity index (χ1) is 10.7. The molecule has 1 aromatic heterocycles. The molecule has 2 N–H and O–H groups in total. The number of aromatic amines is 1. The summed E-state index contributed by atoms with van der Waals surface area (Å²) in [5.41, 5.74) is 1.91. The molecule has 1 saturated heterocycles. The zero-order chi connectivity index (χ0) is 15.4. The predicted octanol–water partition coefficient (Wildman–Crippen LogP) is 2.37. The van der Waals surface area contributed by atoms with Crippen LogP contribution in [0.4, 0.5) is 0 Å². The standard InChI is InChI=1S/C15H19N5OS.2ClH/c1-11-8-16-6-7-20(11)14(21)13-4-2-12(3-5-13)9-22-15-17-10-18-19-15;;/h2-5,10-11,16H,6-9H2,1H3,(H,17,18,19);2*1H/t11-;;/m1../s1. The summed E-state index contributed by atoms with van der Waals surface area (Å²) >= 11 is 1.59. The summed E-state index contributed by atoms with van der Waals surface area (Å²) in [7, 11) is 0. The van der Waals surface area contributed by atoms with Gasteiger partial charge < -0.3 is 10.2 Å². The number of benzene rings is 1. The topological polar surface area (TPSA) is 73.9 Å². The number of aromatic nitrogens is 3. The van der Waals surface area contributed by atoms with Crippen LogP contribution >= 0.6 is 36.6 Å². The molecule has 0 aliphatic carbocycles. The van der Waals surface area contributed by atoms with E-state index >= 15 is 0 Å². The van der Waals surface area contributed by atoms with Crippen molar-refractivity contribution in [2.75, 3.05) is 19.6 Å². The number of rotatable bonds is 4. The molecule has 9 heteroatoms. The molecule has 0 saturated carbocycles. The highest BCUT2D eigenvalue weighted by atomic mass is 35.5. The Kier molecular flexibility index (Phi) is 8.55. The molecule has 0 radical (unpaired) electrons. The van der Waals surface area contributed by atoms with Gasteiger partial charge in [0, 0.05) is 37.0 Å². The van der Waals surface area contributed by atoms with Crippen LogP contribution in [0.5, 0.6) is 0 Å². The first-order valence-electron chi connectivity index (χ1n) is 7.33. The summed E-state index contributed by atoms with van der Waals surface area (Å²) in [6.45, 7) is 4.56. The molecule has 1 aliphatic heterocycles. The van der Waals surface area contributed by atoms with E-state index in [0.717, 1.165) is 41.7 Å². The predicted molar refractivity (Wildman–Crippen MR) is 100 cm³/mol. The van der Waals surface area contributed by atoms with E-state index in [2.05, 4.69) is 27.4 Å². The molecule has 6 nitrogen and oxygen atoms in total. The number of thioether (sulfide) groups is 1. The number of hydrogen-bond acceptors (Lipinski definition) is 5. The van der Waals surface area contributed by atoms with E-state index in [1.165, 1.54) is 6.33 Å². The van der Waals surface area contributed by atoms with Crippen LogP contribution in [0.1, 0.15) is 22.8 Å². The Balaban J connectivity index is 0.00000144. The molecule has 0 bridgehead atoms. The number of halogens is 2. The number of nitrogens with zero attached hydrogens (tertiary/aromatic N) is 3. The lowest BCUT2D eigenvalue weighted by atomic mass is 10.1. The quantitative estimate of drug-likeness (QED) is 0.785. The van der Waals surface area contributed by atoms with Crippen LogP contribution in [0, 0.1) is 0 Å². The number of carbonyl (C=O) groups is 1. The molecule has 0 unspecified atom stereocenters. The molecule has 1 amide bonds. The molecular weight excluding hydrogens is 369 g/mol. The molecule has 1 aliphatic rings. The highest BCUT2D eigenvalue weighted by Gasteiger charge is 2.23. The van der Waals surface area contributed by atoms with Crippen molar-refractivity contribution in [1.29, 1.82) is 0 Å².